The monoisotopic (exact) mass is 228 g/mol. The van der Waals surface area contributed by atoms with E-state index in [0.717, 1.165) is 6.07 Å². The molecule has 0 heterocycles. The zero-order valence-corrected chi connectivity index (χ0v) is 7.45. The van der Waals surface area contributed by atoms with Gasteiger partial charge in [0.25, 0.3) is 0 Å². The van der Waals surface area contributed by atoms with Gasteiger partial charge in [0.05, 0.1) is 12.2 Å². The number of rotatable bonds is 1. The van der Waals surface area contributed by atoms with Crippen LogP contribution in [0, 0.1) is 5.82 Å². The lowest BCUT2D eigenvalue weighted by Crippen LogP contribution is -2.10. The van der Waals surface area contributed by atoms with Gasteiger partial charge < -0.3 is 5.11 Å². The van der Waals surface area contributed by atoms with E-state index in [9.17, 15) is 17.6 Å². The van der Waals surface area contributed by atoms with Gasteiger partial charge in [-0.3, -0.25) is 0 Å². The topological polar surface area (TPSA) is 20.2 Å². The van der Waals surface area contributed by atoms with E-state index < -0.39 is 29.7 Å². The van der Waals surface area contributed by atoms with Crippen LogP contribution in [0.3, 0.4) is 0 Å². The Labute approximate surface area is 81.9 Å². The molecule has 0 radical (unpaired) electrons. The molecule has 1 N–H and O–H groups in total. The van der Waals surface area contributed by atoms with Gasteiger partial charge in [-0.15, -0.1) is 0 Å². The molecular weight excluding hydrogens is 224 g/mol. The van der Waals surface area contributed by atoms with Crippen LogP contribution < -0.4 is 0 Å². The van der Waals surface area contributed by atoms with E-state index in [1.807, 2.05) is 0 Å². The van der Waals surface area contributed by atoms with E-state index >= 15 is 0 Å². The SMILES string of the molecule is OCc1c(Cl)ccc(C(F)(F)F)c1F. The summed E-state index contributed by atoms with van der Waals surface area (Å²) in [6.07, 6.45) is -4.78. The van der Waals surface area contributed by atoms with Gasteiger partial charge in [0.15, 0.2) is 0 Å². The van der Waals surface area contributed by atoms with Crippen LogP contribution in [0.25, 0.3) is 0 Å². The van der Waals surface area contributed by atoms with E-state index in [0.29, 0.717) is 6.07 Å². The quantitative estimate of drug-likeness (QED) is 0.733. The normalized spacial score (nSPS) is 11.9. The highest BCUT2D eigenvalue weighted by molar-refractivity contribution is 6.31. The van der Waals surface area contributed by atoms with Gasteiger partial charge in [0.1, 0.15) is 5.82 Å². The van der Waals surface area contributed by atoms with Crippen molar-refractivity contribution in [2.75, 3.05) is 0 Å². The van der Waals surface area contributed by atoms with Crippen molar-refractivity contribution in [3.8, 4) is 0 Å². The summed E-state index contributed by atoms with van der Waals surface area (Å²) >= 11 is 5.38. The van der Waals surface area contributed by atoms with Crippen LogP contribution in [-0.4, -0.2) is 5.11 Å². The summed E-state index contributed by atoms with van der Waals surface area (Å²) in [4.78, 5) is 0. The summed E-state index contributed by atoms with van der Waals surface area (Å²) in [5, 5.41) is 8.37. The minimum absolute atomic E-state index is 0.224. The Morgan fingerprint density at radius 2 is 1.86 bits per heavy atom. The lowest BCUT2D eigenvalue weighted by Gasteiger charge is -2.10. The third-order valence-corrected chi connectivity index (χ3v) is 2.00. The second-order valence-corrected chi connectivity index (χ2v) is 2.95. The molecule has 0 atom stereocenters. The van der Waals surface area contributed by atoms with E-state index in [4.69, 9.17) is 16.7 Å². The summed E-state index contributed by atoms with van der Waals surface area (Å²) < 4.78 is 49.5. The summed E-state index contributed by atoms with van der Waals surface area (Å²) in [5.74, 6) is -1.52. The molecule has 0 bridgehead atoms. The molecule has 1 nitrogen and oxygen atoms in total. The fourth-order valence-electron chi connectivity index (χ4n) is 0.962. The van der Waals surface area contributed by atoms with E-state index in [2.05, 4.69) is 0 Å². The predicted molar refractivity (Wildman–Crippen MR) is 42.3 cm³/mol. The van der Waals surface area contributed by atoms with Crippen molar-refractivity contribution in [1.82, 2.24) is 0 Å². The Hall–Kier alpha value is -0.810. The Morgan fingerprint density at radius 1 is 1.29 bits per heavy atom. The van der Waals surface area contributed by atoms with E-state index in [1.165, 1.54) is 0 Å². The number of benzene rings is 1. The van der Waals surface area contributed by atoms with Crippen molar-refractivity contribution in [3.63, 3.8) is 0 Å². The smallest absolute Gasteiger partial charge is 0.392 e. The summed E-state index contributed by atoms with van der Waals surface area (Å²) in [5.41, 5.74) is -1.97. The van der Waals surface area contributed by atoms with Crippen LogP contribution in [0.2, 0.25) is 5.02 Å². The van der Waals surface area contributed by atoms with Gasteiger partial charge in [-0.1, -0.05) is 11.6 Å². The number of aliphatic hydroxyl groups is 1. The Kier molecular flexibility index (Phi) is 3.01. The summed E-state index contributed by atoms with van der Waals surface area (Å²) in [6, 6.07) is 1.44. The highest BCUT2D eigenvalue weighted by Crippen LogP contribution is 2.34. The molecule has 78 valence electrons. The molecular formula is C8H5ClF4O. The average molecular weight is 229 g/mol. The highest BCUT2D eigenvalue weighted by Gasteiger charge is 2.35. The number of hydrogen-bond donors (Lipinski definition) is 1. The van der Waals surface area contributed by atoms with Crippen LogP contribution in [0.4, 0.5) is 17.6 Å². The molecule has 14 heavy (non-hydrogen) atoms. The van der Waals surface area contributed by atoms with E-state index in [-0.39, 0.29) is 5.02 Å². The maximum absolute atomic E-state index is 13.1. The third kappa shape index (κ3) is 1.99. The van der Waals surface area contributed by atoms with Crippen LogP contribution in [-0.2, 0) is 12.8 Å². The molecule has 6 heteroatoms. The molecule has 0 aliphatic rings. The van der Waals surface area contributed by atoms with E-state index in [1.54, 1.807) is 0 Å². The largest absolute Gasteiger partial charge is 0.419 e. The molecule has 1 aromatic carbocycles. The zero-order chi connectivity index (χ0) is 10.9. The van der Waals surface area contributed by atoms with Crippen molar-refractivity contribution in [2.24, 2.45) is 0 Å². The van der Waals surface area contributed by atoms with Gasteiger partial charge in [-0.25, -0.2) is 4.39 Å². The number of alkyl halides is 3. The Bertz CT molecular complexity index is 348. The number of hydrogen-bond acceptors (Lipinski definition) is 1. The van der Waals surface area contributed by atoms with Crippen LogP contribution in [0.5, 0.6) is 0 Å². The third-order valence-electron chi connectivity index (χ3n) is 1.65. The molecule has 0 spiro atoms. The second kappa shape index (κ2) is 3.74. The Balaban J connectivity index is 3.36. The van der Waals surface area contributed by atoms with Crippen LogP contribution in [0.1, 0.15) is 11.1 Å². The first-order valence-corrected chi connectivity index (χ1v) is 3.90. The van der Waals surface area contributed by atoms with Crippen LogP contribution >= 0.6 is 11.6 Å². The number of halogens is 5. The summed E-state index contributed by atoms with van der Waals surface area (Å²) in [7, 11) is 0. The van der Waals surface area contributed by atoms with Gasteiger partial charge in [-0.2, -0.15) is 13.2 Å². The maximum atomic E-state index is 13.1. The van der Waals surface area contributed by atoms with Crippen molar-refractivity contribution in [2.45, 2.75) is 12.8 Å². The van der Waals surface area contributed by atoms with Crippen molar-refractivity contribution >= 4 is 11.6 Å². The molecule has 0 aliphatic heterocycles. The van der Waals surface area contributed by atoms with Gasteiger partial charge >= 0.3 is 6.18 Å². The molecule has 1 aromatic rings. The van der Waals surface area contributed by atoms with Gasteiger partial charge in [0, 0.05) is 10.6 Å². The lowest BCUT2D eigenvalue weighted by molar-refractivity contribution is -0.140. The molecule has 0 amide bonds. The molecule has 0 aliphatic carbocycles. The molecule has 1 rings (SSSR count). The van der Waals surface area contributed by atoms with Crippen molar-refractivity contribution < 1.29 is 22.7 Å². The van der Waals surface area contributed by atoms with Crippen molar-refractivity contribution in [3.05, 3.63) is 34.1 Å². The zero-order valence-electron chi connectivity index (χ0n) is 6.70. The number of aliphatic hydroxyl groups excluding tert-OH is 1. The second-order valence-electron chi connectivity index (χ2n) is 2.54. The average Bonchev–Trinajstić information content (AvgIpc) is 2.02. The molecule has 0 aromatic heterocycles. The van der Waals surface area contributed by atoms with Crippen molar-refractivity contribution in [1.29, 1.82) is 0 Å². The molecule has 0 saturated heterocycles. The molecule has 0 fully saturated rings. The lowest BCUT2D eigenvalue weighted by atomic mass is 10.1. The highest BCUT2D eigenvalue weighted by atomic mass is 35.5. The standard InChI is InChI=1S/C8H5ClF4O/c9-6-2-1-5(8(11,12)13)7(10)4(6)3-14/h1-2,14H,3H2. The molecule has 0 unspecified atom stereocenters. The predicted octanol–water partition coefficient (Wildman–Crippen LogP) is 2.99. The minimum Gasteiger partial charge on any atom is -0.392 e. The molecule has 0 saturated carbocycles. The summed E-state index contributed by atoms with van der Waals surface area (Å²) in [6.45, 7) is -0.866. The fourth-order valence-corrected chi connectivity index (χ4v) is 1.17. The first kappa shape index (κ1) is 11.3. The first-order chi connectivity index (χ1) is 6.38. The first-order valence-electron chi connectivity index (χ1n) is 3.53. The van der Waals surface area contributed by atoms with Crippen LogP contribution in [0.15, 0.2) is 12.1 Å². The maximum Gasteiger partial charge on any atom is 0.419 e. The van der Waals surface area contributed by atoms with Gasteiger partial charge in [-0.05, 0) is 12.1 Å². The fraction of sp³-hybridized carbons (Fsp3) is 0.250. The minimum atomic E-state index is -4.78. The van der Waals surface area contributed by atoms with Gasteiger partial charge in [0.2, 0.25) is 0 Å². The Morgan fingerprint density at radius 3 is 2.29 bits per heavy atom.